The molecule has 23 heavy (non-hydrogen) atoms. The summed E-state index contributed by atoms with van der Waals surface area (Å²) in [5.74, 6) is -2.12. The molecule has 116 valence electrons. The molecule has 0 spiro atoms. The molecule has 1 aromatic heterocycles. The Morgan fingerprint density at radius 1 is 1.22 bits per heavy atom. The number of rotatable bonds is 3. The third kappa shape index (κ3) is 3.00. The number of hydrogen-bond acceptors (Lipinski definition) is 3. The Kier molecular flexibility index (Phi) is 3.96. The van der Waals surface area contributed by atoms with Crippen molar-refractivity contribution in [1.29, 1.82) is 0 Å². The Balaban J connectivity index is 2.10. The van der Waals surface area contributed by atoms with Gasteiger partial charge in [-0.1, -0.05) is 22.0 Å². The van der Waals surface area contributed by atoms with Gasteiger partial charge in [0.2, 0.25) is 0 Å². The van der Waals surface area contributed by atoms with E-state index in [-0.39, 0.29) is 12.0 Å². The molecule has 3 rings (SSSR count). The van der Waals surface area contributed by atoms with Crippen molar-refractivity contribution in [3.05, 3.63) is 73.9 Å². The van der Waals surface area contributed by atoms with Gasteiger partial charge in [-0.05, 0) is 35.9 Å². The average molecular weight is 377 g/mol. The molecule has 0 fully saturated rings. The van der Waals surface area contributed by atoms with Gasteiger partial charge in [-0.3, -0.25) is 4.79 Å². The molecule has 0 saturated carbocycles. The highest BCUT2D eigenvalue weighted by molar-refractivity contribution is 9.10. The van der Waals surface area contributed by atoms with Crippen molar-refractivity contribution in [2.75, 3.05) is 0 Å². The highest BCUT2D eigenvalue weighted by Gasteiger charge is 2.13. The van der Waals surface area contributed by atoms with Crippen LogP contribution in [0.4, 0.5) is 4.39 Å². The molecule has 2 N–H and O–H groups in total. The summed E-state index contributed by atoms with van der Waals surface area (Å²) >= 11 is 3.35. The molecule has 1 heterocycles. The van der Waals surface area contributed by atoms with E-state index in [0.29, 0.717) is 22.0 Å². The van der Waals surface area contributed by atoms with Gasteiger partial charge < -0.3 is 5.11 Å². The van der Waals surface area contributed by atoms with E-state index in [9.17, 15) is 14.0 Å². The van der Waals surface area contributed by atoms with Gasteiger partial charge in [0.05, 0.1) is 16.6 Å². The molecular weight excluding hydrogens is 367 g/mol. The van der Waals surface area contributed by atoms with Crippen LogP contribution in [0, 0.1) is 5.82 Å². The summed E-state index contributed by atoms with van der Waals surface area (Å²) in [6.45, 7) is 0. The summed E-state index contributed by atoms with van der Waals surface area (Å²) in [5.41, 5.74) is 0.465. The Morgan fingerprint density at radius 2 is 2.00 bits per heavy atom. The maximum atomic E-state index is 13.5. The number of carboxylic acids is 1. The number of nitrogens with zero attached hydrogens (tertiary/aromatic N) is 1. The molecule has 0 aliphatic carbocycles. The van der Waals surface area contributed by atoms with Gasteiger partial charge in [-0.15, -0.1) is 0 Å². The van der Waals surface area contributed by atoms with E-state index in [1.165, 1.54) is 12.1 Å². The summed E-state index contributed by atoms with van der Waals surface area (Å²) < 4.78 is 14.3. The molecule has 2 aromatic carbocycles. The van der Waals surface area contributed by atoms with Crippen molar-refractivity contribution in [3.8, 4) is 0 Å². The van der Waals surface area contributed by atoms with Crippen molar-refractivity contribution in [3.63, 3.8) is 0 Å². The van der Waals surface area contributed by atoms with Crippen LogP contribution >= 0.6 is 15.9 Å². The lowest BCUT2D eigenvalue weighted by molar-refractivity contribution is 0.0691. The number of aromatic carboxylic acids is 1. The van der Waals surface area contributed by atoms with Gasteiger partial charge >= 0.3 is 5.97 Å². The van der Waals surface area contributed by atoms with Crippen LogP contribution in [0.25, 0.3) is 10.8 Å². The molecule has 0 aliphatic rings. The van der Waals surface area contributed by atoms with E-state index in [2.05, 4.69) is 26.1 Å². The van der Waals surface area contributed by atoms with Crippen LogP contribution < -0.4 is 5.56 Å². The van der Waals surface area contributed by atoms with Gasteiger partial charge in [0.15, 0.2) is 0 Å². The maximum Gasteiger partial charge on any atom is 0.338 e. The molecule has 0 atom stereocenters. The van der Waals surface area contributed by atoms with E-state index in [0.717, 1.165) is 10.5 Å². The predicted molar refractivity (Wildman–Crippen MR) is 86.2 cm³/mol. The predicted octanol–water partition coefficient (Wildman–Crippen LogP) is 3.11. The second kappa shape index (κ2) is 5.92. The molecule has 7 heteroatoms. The standard InChI is InChI=1S/C16H10BrFN2O3/c17-9-2-3-10-11(7-9)14(19-20-15(10)21)6-8-1-4-13(18)12(5-8)16(22)23/h1-5,7H,6H2,(H,20,21)(H,22,23). The minimum absolute atomic E-state index is 0.268. The van der Waals surface area contributed by atoms with E-state index < -0.39 is 17.3 Å². The number of aromatic nitrogens is 2. The Bertz CT molecular complexity index is 985. The monoisotopic (exact) mass is 376 g/mol. The van der Waals surface area contributed by atoms with E-state index in [4.69, 9.17) is 5.11 Å². The minimum Gasteiger partial charge on any atom is -0.478 e. The van der Waals surface area contributed by atoms with Crippen LogP contribution in [0.15, 0.2) is 45.7 Å². The average Bonchev–Trinajstić information content (AvgIpc) is 2.51. The van der Waals surface area contributed by atoms with Gasteiger partial charge in [0.1, 0.15) is 5.82 Å². The normalized spacial score (nSPS) is 10.9. The van der Waals surface area contributed by atoms with E-state index in [1.807, 2.05) is 0 Å². The van der Waals surface area contributed by atoms with Crippen LogP contribution in [-0.2, 0) is 6.42 Å². The minimum atomic E-state index is -1.33. The van der Waals surface area contributed by atoms with Gasteiger partial charge in [-0.25, -0.2) is 14.3 Å². The SMILES string of the molecule is O=C(O)c1cc(Cc2n[nH]c(=O)c3ccc(Br)cc23)ccc1F. The highest BCUT2D eigenvalue weighted by Crippen LogP contribution is 2.22. The number of benzene rings is 2. The zero-order chi connectivity index (χ0) is 16.6. The number of hydrogen-bond donors (Lipinski definition) is 2. The third-order valence-corrected chi connectivity index (χ3v) is 3.96. The molecule has 0 aliphatic heterocycles. The van der Waals surface area contributed by atoms with Gasteiger partial charge in [0, 0.05) is 16.3 Å². The number of carboxylic acid groups (broad SMARTS) is 1. The Labute approximate surface area is 137 Å². The van der Waals surface area contributed by atoms with Crippen molar-refractivity contribution < 1.29 is 14.3 Å². The lowest BCUT2D eigenvalue weighted by atomic mass is 10.0. The summed E-state index contributed by atoms with van der Waals surface area (Å²) in [6, 6.07) is 9.09. The number of nitrogens with one attached hydrogen (secondary N) is 1. The molecule has 0 unspecified atom stereocenters. The number of fused-ring (bicyclic) bond motifs is 1. The van der Waals surface area contributed by atoms with E-state index >= 15 is 0 Å². The van der Waals surface area contributed by atoms with Crippen molar-refractivity contribution in [2.24, 2.45) is 0 Å². The lowest BCUT2D eigenvalue weighted by Gasteiger charge is -2.07. The van der Waals surface area contributed by atoms with Gasteiger partial charge in [-0.2, -0.15) is 5.10 Å². The van der Waals surface area contributed by atoms with Crippen LogP contribution in [-0.4, -0.2) is 21.3 Å². The first kappa shape index (κ1) is 15.4. The Hall–Kier alpha value is -2.54. The summed E-state index contributed by atoms with van der Waals surface area (Å²) in [5, 5.41) is 16.6. The first-order valence-electron chi connectivity index (χ1n) is 6.64. The van der Waals surface area contributed by atoms with Crippen LogP contribution in [0.1, 0.15) is 21.6 Å². The summed E-state index contributed by atoms with van der Waals surface area (Å²) in [4.78, 5) is 22.8. The number of halogens is 2. The summed E-state index contributed by atoms with van der Waals surface area (Å²) in [6.07, 6.45) is 0.268. The van der Waals surface area contributed by atoms with Crippen molar-refractivity contribution in [2.45, 2.75) is 6.42 Å². The second-order valence-electron chi connectivity index (χ2n) is 4.99. The first-order chi connectivity index (χ1) is 11.0. The topological polar surface area (TPSA) is 83.0 Å². The quantitative estimate of drug-likeness (QED) is 0.735. The number of carbonyl (C=O) groups is 1. The molecular formula is C16H10BrFN2O3. The van der Waals surface area contributed by atoms with Crippen molar-refractivity contribution in [1.82, 2.24) is 10.2 Å². The maximum absolute atomic E-state index is 13.5. The largest absolute Gasteiger partial charge is 0.478 e. The van der Waals surface area contributed by atoms with Crippen LogP contribution in [0.3, 0.4) is 0 Å². The zero-order valence-corrected chi connectivity index (χ0v) is 13.2. The molecule has 0 saturated heterocycles. The molecule has 5 nitrogen and oxygen atoms in total. The molecule has 0 radical (unpaired) electrons. The van der Waals surface area contributed by atoms with Crippen molar-refractivity contribution >= 4 is 32.7 Å². The number of H-pyrrole nitrogens is 1. The second-order valence-corrected chi connectivity index (χ2v) is 5.90. The summed E-state index contributed by atoms with van der Waals surface area (Å²) in [7, 11) is 0. The van der Waals surface area contributed by atoms with Crippen LogP contribution in [0.5, 0.6) is 0 Å². The Morgan fingerprint density at radius 3 is 2.74 bits per heavy atom. The molecule has 0 amide bonds. The highest BCUT2D eigenvalue weighted by atomic mass is 79.9. The fraction of sp³-hybridized carbons (Fsp3) is 0.0625. The molecule has 3 aromatic rings. The third-order valence-electron chi connectivity index (χ3n) is 3.46. The zero-order valence-electron chi connectivity index (χ0n) is 11.6. The lowest BCUT2D eigenvalue weighted by Crippen LogP contribution is -2.11. The smallest absolute Gasteiger partial charge is 0.338 e. The van der Waals surface area contributed by atoms with Crippen LogP contribution in [0.2, 0.25) is 0 Å². The fourth-order valence-electron chi connectivity index (χ4n) is 2.37. The fourth-order valence-corrected chi connectivity index (χ4v) is 2.73. The first-order valence-corrected chi connectivity index (χ1v) is 7.43. The van der Waals surface area contributed by atoms with Gasteiger partial charge in [0.25, 0.3) is 5.56 Å². The molecule has 0 bridgehead atoms. The number of aromatic amines is 1. The van der Waals surface area contributed by atoms with E-state index in [1.54, 1.807) is 18.2 Å².